The fourth-order valence-electron chi connectivity index (χ4n) is 2.37. The molecule has 2 atom stereocenters. The van der Waals surface area contributed by atoms with Crippen molar-refractivity contribution in [3.63, 3.8) is 0 Å². The summed E-state index contributed by atoms with van der Waals surface area (Å²) >= 11 is 0. The Morgan fingerprint density at radius 1 is 1.57 bits per heavy atom. The number of rotatable bonds is 2. The predicted molar refractivity (Wildman–Crippen MR) is 55.0 cm³/mol. The van der Waals surface area contributed by atoms with Crippen molar-refractivity contribution in [1.82, 2.24) is 0 Å². The monoisotopic (exact) mass is 194 g/mol. The molecule has 1 N–H and O–H groups in total. The first-order valence-electron chi connectivity index (χ1n) is 5.45. The summed E-state index contributed by atoms with van der Waals surface area (Å²) in [6.07, 6.45) is 6.78. The van der Waals surface area contributed by atoms with E-state index in [9.17, 15) is 5.11 Å². The average molecular weight is 194 g/mol. The molecular formula is C12H18O2. The first kappa shape index (κ1) is 9.78. The first-order chi connectivity index (χ1) is 6.71. The van der Waals surface area contributed by atoms with Gasteiger partial charge in [-0.15, -0.1) is 0 Å². The lowest BCUT2D eigenvalue weighted by atomic mass is 9.74. The molecule has 1 aliphatic rings. The Bertz CT molecular complexity index is 279. The van der Waals surface area contributed by atoms with E-state index in [0.29, 0.717) is 12.3 Å². The summed E-state index contributed by atoms with van der Waals surface area (Å²) in [7, 11) is 0. The maximum Gasteiger partial charge on any atom is 0.106 e. The maximum absolute atomic E-state index is 10.5. The Hall–Kier alpha value is -0.760. The Balaban J connectivity index is 2.07. The highest BCUT2D eigenvalue weighted by molar-refractivity contribution is 5.04. The van der Waals surface area contributed by atoms with Gasteiger partial charge >= 0.3 is 0 Å². The lowest BCUT2D eigenvalue weighted by molar-refractivity contribution is -0.0439. The lowest BCUT2D eigenvalue weighted by Crippen LogP contribution is -2.41. The molecular weight excluding hydrogens is 176 g/mol. The average Bonchev–Trinajstić information content (AvgIpc) is 2.63. The van der Waals surface area contributed by atoms with Gasteiger partial charge in [-0.25, -0.2) is 0 Å². The molecule has 1 aromatic rings. The van der Waals surface area contributed by atoms with Gasteiger partial charge in [-0.1, -0.05) is 19.8 Å². The third-order valence-corrected chi connectivity index (χ3v) is 3.47. The molecule has 0 saturated heterocycles. The Morgan fingerprint density at radius 3 is 3.07 bits per heavy atom. The van der Waals surface area contributed by atoms with Crippen LogP contribution in [0.3, 0.4) is 0 Å². The molecule has 1 fully saturated rings. The summed E-state index contributed by atoms with van der Waals surface area (Å²) in [5, 5.41) is 10.5. The van der Waals surface area contributed by atoms with E-state index < -0.39 is 5.60 Å². The molecule has 14 heavy (non-hydrogen) atoms. The maximum atomic E-state index is 10.5. The van der Waals surface area contributed by atoms with Gasteiger partial charge in [0.15, 0.2) is 0 Å². The van der Waals surface area contributed by atoms with Gasteiger partial charge in [0.05, 0.1) is 11.9 Å². The zero-order valence-corrected chi connectivity index (χ0v) is 8.70. The second-order valence-electron chi connectivity index (χ2n) is 4.51. The summed E-state index contributed by atoms with van der Waals surface area (Å²) in [5.74, 6) is 1.29. The standard InChI is InChI=1S/C12H18O2/c1-10-5-2-3-7-12(10,13)9-11-6-4-8-14-11/h4,6,8,10,13H,2-3,5,7,9H2,1H3. The lowest BCUT2D eigenvalue weighted by Gasteiger charge is -2.37. The molecule has 1 aliphatic carbocycles. The molecule has 0 aromatic carbocycles. The smallest absolute Gasteiger partial charge is 0.106 e. The van der Waals surface area contributed by atoms with E-state index in [1.54, 1.807) is 6.26 Å². The van der Waals surface area contributed by atoms with Gasteiger partial charge in [0.1, 0.15) is 5.76 Å². The molecule has 0 amide bonds. The van der Waals surface area contributed by atoms with Crippen LogP contribution >= 0.6 is 0 Å². The van der Waals surface area contributed by atoms with E-state index in [0.717, 1.165) is 25.0 Å². The van der Waals surface area contributed by atoms with Crippen molar-refractivity contribution in [3.8, 4) is 0 Å². The molecule has 0 spiro atoms. The molecule has 1 saturated carbocycles. The SMILES string of the molecule is CC1CCCCC1(O)Cc1ccco1. The van der Waals surface area contributed by atoms with Gasteiger partial charge in [-0.05, 0) is 30.9 Å². The van der Waals surface area contributed by atoms with E-state index in [-0.39, 0.29) is 0 Å². The van der Waals surface area contributed by atoms with E-state index in [1.807, 2.05) is 12.1 Å². The van der Waals surface area contributed by atoms with Gasteiger partial charge in [-0.2, -0.15) is 0 Å². The van der Waals surface area contributed by atoms with E-state index in [1.165, 1.54) is 6.42 Å². The minimum Gasteiger partial charge on any atom is -0.469 e. The second kappa shape index (κ2) is 3.77. The van der Waals surface area contributed by atoms with Crippen molar-refractivity contribution in [2.75, 3.05) is 0 Å². The number of hydrogen-bond donors (Lipinski definition) is 1. The quantitative estimate of drug-likeness (QED) is 0.785. The van der Waals surface area contributed by atoms with Crippen molar-refractivity contribution in [1.29, 1.82) is 0 Å². The number of hydrogen-bond acceptors (Lipinski definition) is 2. The predicted octanol–water partition coefficient (Wildman–Crippen LogP) is 2.76. The van der Waals surface area contributed by atoms with Crippen molar-refractivity contribution in [3.05, 3.63) is 24.2 Å². The molecule has 2 heteroatoms. The van der Waals surface area contributed by atoms with Crippen LogP contribution in [0.15, 0.2) is 22.8 Å². The molecule has 0 radical (unpaired) electrons. The van der Waals surface area contributed by atoms with Crippen LogP contribution in [-0.2, 0) is 6.42 Å². The fourth-order valence-corrected chi connectivity index (χ4v) is 2.37. The Morgan fingerprint density at radius 2 is 2.43 bits per heavy atom. The molecule has 0 bridgehead atoms. The molecule has 2 unspecified atom stereocenters. The molecule has 1 aromatic heterocycles. The molecule has 0 aliphatic heterocycles. The molecule has 2 rings (SSSR count). The van der Waals surface area contributed by atoms with Gasteiger partial charge in [-0.3, -0.25) is 0 Å². The van der Waals surface area contributed by atoms with E-state index in [4.69, 9.17) is 4.42 Å². The van der Waals surface area contributed by atoms with Crippen LogP contribution in [0.2, 0.25) is 0 Å². The summed E-state index contributed by atoms with van der Waals surface area (Å²) in [4.78, 5) is 0. The summed E-state index contributed by atoms with van der Waals surface area (Å²) in [6.45, 7) is 2.14. The van der Waals surface area contributed by atoms with E-state index >= 15 is 0 Å². The van der Waals surface area contributed by atoms with Crippen LogP contribution in [0.25, 0.3) is 0 Å². The van der Waals surface area contributed by atoms with Gasteiger partial charge in [0.2, 0.25) is 0 Å². The summed E-state index contributed by atoms with van der Waals surface area (Å²) < 4.78 is 5.29. The van der Waals surface area contributed by atoms with Crippen molar-refractivity contribution < 1.29 is 9.52 Å². The second-order valence-corrected chi connectivity index (χ2v) is 4.51. The summed E-state index contributed by atoms with van der Waals surface area (Å²) in [5.41, 5.74) is -0.532. The zero-order chi connectivity index (χ0) is 10.0. The molecule has 1 heterocycles. The highest BCUT2D eigenvalue weighted by Gasteiger charge is 2.36. The van der Waals surface area contributed by atoms with Crippen molar-refractivity contribution >= 4 is 0 Å². The Kier molecular flexibility index (Phi) is 2.64. The number of aliphatic hydroxyl groups is 1. The van der Waals surface area contributed by atoms with Crippen LogP contribution in [0.5, 0.6) is 0 Å². The Labute approximate surface area is 84.9 Å². The van der Waals surface area contributed by atoms with Crippen LogP contribution in [0.1, 0.15) is 38.4 Å². The third-order valence-electron chi connectivity index (χ3n) is 3.47. The van der Waals surface area contributed by atoms with E-state index in [2.05, 4.69) is 6.92 Å². The third kappa shape index (κ3) is 1.85. The van der Waals surface area contributed by atoms with Gasteiger partial charge in [0.25, 0.3) is 0 Å². The highest BCUT2D eigenvalue weighted by atomic mass is 16.3. The zero-order valence-electron chi connectivity index (χ0n) is 8.70. The molecule has 2 nitrogen and oxygen atoms in total. The minimum atomic E-state index is -0.532. The fraction of sp³-hybridized carbons (Fsp3) is 0.667. The summed E-state index contributed by atoms with van der Waals surface area (Å²) in [6, 6.07) is 3.82. The van der Waals surface area contributed by atoms with Crippen LogP contribution < -0.4 is 0 Å². The minimum absolute atomic E-state index is 0.390. The molecule has 78 valence electrons. The first-order valence-corrected chi connectivity index (χ1v) is 5.45. The van der Waals surface area contributed by atoms with Gasteiger partial charge < -0.3 is 9.52 Å². The van der Waals surface area contributed by atoms with Gasteiger partial charge in [0, 0.05) is 6.42 Å². The van der Waals surface area contributed by atoms with Crippen LogP contribution in [0.4, 0.5) is 0 Å². The van der Waals surface area contributed by atoms with Crippen LogP contribution in [0, 0.1) is 5.92 Å². The number of furan rings is 1. The van der Waals surface area contributed by atoms with Crippen LogP contribution in [-0.4, -0.2) is 10.7 Å². The topological polar surface area (TPSA) is 33.4 Å². The van der Waals surface area contributed by atoms with Crippen molar-refractivity contribution in [2.24, 2.45) is 5.92 Å². The largest absolute Gasteiger partial charge is 0.469 e. The van der Waals surface area contributed by atoms with Crippen molar-refractivity contribution in [2.45, 2.75) is 44.6 Å². The normalized spacial score (nSPS) is 33.1. The highest BCUT2D eigenvalue weighted by Crippen LogP contribution is 2.36.